The molecule has 0 saturated heterocycles. The minimum absolute atomic E-state index is 0.0196. The van der Waals surface area contributed by atoms with Crippen molar-refractivity contribution in [2.75, 3.05) is 19.7 Å². The fourth-order valence-electron chi connectivity index (χ4n) is 2.89. The Morgan fingerprint density at radius 2 is 1.50 bits per heavy atom. The first-order valence-electron chi connectivity index (χ1n) is 10.8. The van der Waals surface area contributed by atoms with Crippen LogP contribution in [0.5, 0.6) is 0 Å². The number of hydrogen-bond acceptors (Lipinski definition) is 7. The lowest BCUT2D eigenvalue weighted by Gasteiger charge is -2.22. The zero-order valence-corrected chi connectivity index (χ0v) is 19.2. The van der Waals surface area contributed by atoms with Gasteiger partial charge in [0.1, 0.15) is 18.1 Å². The SMILES string of the molecule is CC(C)C[C@H](NC(=O)[C@H](Cc1ccccc1)NC(=O)CNC(=O)CNC(=O)[C@@H](N)CO)C(=O)O. The normalized spacial score (nSPS) is 13.3. The molecule has 0 aliphatic rings. The molecule has 0 fully saturated rings. The largest absolute Gasteiger partial charge is 0.480 e. The predicted molar refractivity (Wildman–Crippen MR) is 122 cm³/mol. The van der Waals surface area contributed by atoms with E-state index >= 15 is 0 Å². The number of carboxylic acids is 1. The van der Waals surface area contributed by atoms with Crippen LogP contribution in [-0.4, -0.2) is 77.6 Å². The average molecular weight is 480 g/mol. The maximum atomic E-state index is 12.8. The maximum Gasteiger partial charge on any atom is 0.326 e. The summed E-state index contributed by atoms with van der Waals surface area (Å²) in [7, 11) is 0. The second-order valence-electron chi connectivity index (χ2n) is 8.12. The summed E-state index contributed by atoms with van der Waals surface area (Å²) in [6.45, 7) is 2.14. The van der Waals surface area contributed by atoms with Gasteiger partial charge in [0, 0.05) is 6.42 Å². The minimum Gasteiger partial charge on any atom is -0.480 e. The molecule has 4 amide bonds. The van der Waals surface area contributed by atoms with Crippen LogP contribution < -0.4 is 27.0 Å². The monoisotopic (exact) mass is 479 g/mol. The fraction of sp³-hybridized carbons (Fsp3) is 0.500. The molecule has 1 aromatic rings. The molecule has 1 rings (SSSR count). The van der Waals surface area contributed by atoms with Gasteiger partial charge in [-0.3, -0.25) is 19.2 Å². The van der Waals surface area contributed by atoms with Gasteiger partial charge in [0.25, 0.3) is 0 Å². The Hall–Kier alpha value is -3.51. The molecule has 0 bridgehead atoms. The lowest BCUT2D eigenvalue weighted by molar-refractivity contribution is -0.142. The van der Waals surface area contributed by atoms with E-state index in [2.05, 4.69) is 21.3 Å². The van der Waals surface area contributed by atoms with E-state index in [1.54, 1.807) is 30.3 Å². The second-order valence-corrected chi connectivity index (χ2v) is 8.12. The van der Waals surface area contributed by atoms with Crippen LogP contribution in [0.3, 0.4) is 0 Å². The summed E-state index contributed by atoms with van der Waals surface area (Å²) < 4.78 is 0. The highest BCUT2D eigenvalue weighted by molar-refractivity contribution is 5.93. The number of benzene rings is 1. The number of carboxylic acid groups (broad SMARTS) is 1. The number of carbonyl (C=O) groups is 5. The van der Waals surface area contributed by atoms with E-state index in [-0.39, 0.29) is 18.8 Å². The molecule has 3 atom stereocenters. The Bertz CT molecular complexity index is 847. The number of aliphatic hydroxyl groups is 1. The van der Waals surface area contributed by atoms with Gasteiger partial charge in [-0.25, -0.2) is 4.79 Å². The predicted octanol–water partition coefficient (Wildman–Crippen LogP) is -2.12. The minimum atomic E-state index is -1.18. The smallest absolute Gasteiger partial charge is 0.326 e. The van der Waals surface area contributed by atoms with Crippen molar-refractivity contribution in [1.29, 1.82) is 0 Å². The van der Waals surface area contributed by atoms with Gasteiger partial charge < -0.3 is 37.2 Å². The van der Waals surface area contributed by atoms with Crippen molar-refractivity contribution in [1.82, 2.24) is 21.3 Å². The van der Waals surface area contributed by atoms with Crippen molar-refractivity contribution in [2.45, 2.75) is 44.8 Å². The number of nitrogens with one attached hydrogen (secondary N) is 4. The third kappa shape index (κ3) is 10.9. The van der Waals surface area contributed by atoms with E-state index in [9.17, 15) is 29.1 Å². The van der Waals surface area contributed by atoms with Crippen LogP contribution in [0.15, 0.2) is 30.3 Å². The molecule has 0 radical (unpaired) electrons. The summed E-state index contributed by atoms with van der Waals surface area (Å²) in [5, 5.41) is 27.7. The van der Waals surface area contributed by atoms with E-state index in [0.29, 0.717) is 0 Å². The van der Waals surface area contributed by atoms with Gasteiger partial charge in [-0.05, 0) is 17.9 Å². The van der Waals surface area contributed by atoms with Crippen LogP contribution in [0.4, 0.5) is 0 Å². The molecule has 0 aromatic heterocycles. The second kappa shape index (κ2) is 14.6. The lowest BCUT2D eigenvalue weighted by atomic mass is 10.0. The highest BCUT2D eigenvalue weighted by Crippen LogP contribution is 2.08. The maximum absolute atomic E-state index is 12.8. The number of rotatable bonds is 14. The summed E-state index contributed by atoms with van der Waals surface area (Å²) in [6, 6.07) is 5.48. The zero-order chi connectivity index (χ0) is 25.7. The van der Waals surface area contributed by atoms with Crippen molar-refractivity contribution in [3.05, 3.63) is 35.9 Å². The van der Waals surface area contributed by atoms with Crippen molar-refractivity contribution < 1.29 is 34.2 Å². The number of amides is 4. The fourth-order valence-corrected chi connectivity index (χ4v) is 2.89. The molecular formula is C22H33N5O7. The first-order valence-corrected chi connectivity index (χ1v) is 10.8. The van der Waals surface area contributed by atoms with Gasteiger partial charge in [-0.1, -0.05) is 44.2 Å². The summed E-state index contributed by atoms with van der Waals surface area (Å²) >= 11 is 0. The van der Waals surface area contributed by atoms with Gasteiger partial charge in [0.15, 0.2) is 0 Å². The quantitative estimate of drug-likeness (QED) is 0.157. The molecule has 0 heterocycles. The molecule has 0 aliphatic heterocycles. The van der Waals surface area contributed by atoms with Gasteiger partial charge in [-0.2, -0.15) is 0 Å². The summed E-state index contributed by atoms with van der Waals surface area (Å²) in [4.78, 5) is 60.0. The number of hydrogen-bond donors (Lipinski definition) is 7. The number of aliphatic carboxylic acids is 1. The molecule has 12 nitrogen and oxygen atoms in total. The van der Waals surface area contributed by atoms with Gasteiger partial charge >= 0.3 is 5.97 Å². The summed E-state index contributed by atoms with van der Waals surface area (Å²) in [6.07, 6.45) is 0.324. The number of carbonyl (C=O) groups excluding carboxylic acids is 4. The molecule has 8 N–H and O–H groups in total. The van der Waals surface area contributed by atoms with E-state index in [1.807, 2.05) is 13.8 Å². The molecule has 0 spiro atoms. The summed E-state index contributed by atoms with van der Waals surface area (Å²) in [5.41, 5.74) is 6.06. The van der Waals surface area contributed by atoms with Crippen LogP contribution in [-0.2, 0) is 30.4 Å². The zero-order valence-electron chi connectivity index (χ0n) is 19.2. The molecule has 0 aliphatic carbocycles. The van der Waals surface area contributed by atoms with Crippen molar-refractivity contribution in [3.63, 3.8) is 0 Å². The molecule has 34 heavy (non-hydrogen) atoms. The Labute approximate surface area is 197 Å². The Kier molecular flexibility index (Phi) is 12.2. The first-order chi connectivity index (χ1) is 16.0. The van der Waals surface area contributed by atoms with Gasteiger partial charge in [0.05, 0.1) is 19.7 Å². The van der Waals surface area contributed by atoms with Crippen LogP contribution in [0.25, 0.3) is 0 Å². The third-order valence-corrected chi connectivity index (χ3v) is 4.66. The van der Waals surface area contributed by atoms with Crippen molar-refractivity contribution in [2.24, 2.45) is 11.7 Å². The lowest BCUT2D eigenvalue weighted by Crippen LogP contribution is -2.54. The van der Waals surface area contributed by atoms with E-state index < -0.39 is 67.4 Å². The van der Waals surface area contributed by atoms with Crippen LogP contribution in [0.1, 0.15) is 25.8 Å². The Morgan fingerprint density at radius 3 is 2.06 bits per heavy atom. The molecular weight excluding hydrogens is 446 g/mol. The molecule has 12 heteroatoms. The van der Waals surface area contributed by atoms with E-state index in [4.69, 9.17) is 10.8 Å². The molecule has 0 saturated carbocycles. The van der Waals surface area contributed by atoms with Crippen LogP contribution >= 0.6 is 0 Å². The Morgan fingerprint density at radius 1 is 0.882 bits per heavy atom. The highest BCUT2D eigenvalue weighted by atomic mass is 16.4. The third-order valence-electron chi connectivity index (χ3n) is 4.66. The number of nitrogens with two attached hydrogens (primary N) is 1. The average Bonchev–Trinajstić information content (AvgIpc) is 2.79. The topological polar surface area (TPSA) is 200 Å². The van der Waals surface area contributed by atoms with Crippen molar-refractivity contribution in [3.8, 4) is 0 Å². The molecule has 188 valence electrons. The van der Waals surface area contributed by atoms with E-state index in [0.717, 1.165) is 5.56 Å². The van der Waals surface area contributed by atoms with Crippen molar-refractivity contribution >= 4 is 29.6 Å². The standard InChI is InChI=1S/C22H33N5O7/c1-13(2)8-17(22(33)34)27-21(32)16(9-14-6-4-3-5-7-14)26-19(30)11-24-18(29)10-25-20(31)15(23)12-28/h3-7,13,15-17,28H,8-12,23H2,1-2H3,(H,24,29)(H,25,31)(H,26,30)(H,27,32)(H,33,34)/t15-,16-,17-/m0/s1. The Balaban J connectivity index is 2.74. The van der Waals surface area contributed by atoms with Gasteiger partial charge in [-0.15, -0.1) is 0 Å². The molecule has 0 unspecified atom stereocenters. The van der Waals surface area contributed by atoms with E-state index in [1.165, 1.54) is 0 Å². The van der Waals surface area contributed by atoms with Crippen LogP contribution in [0, 0.1) is 5.92 Å². The summed E-state index contributed by atoms with van der Waals surface area (Å²) in [5.74, 6) is -3.91. The number of aliphatic hydroxyl groups excluding tert-OH is 1. The highest BCUT2D eigenvalue weighted by Gasteiger charge is 2.27. The first kappa shape index (κ1) is 28.5. The molecule has 1 aromatic carbocycles. The van der Waals surface area contributed by atoms with Crippen LogP contribution in [0.2, 0.25) is 0 Å². The van der Waals surface area contributed by atoms with Gasteiger partial charge in [0.2, 0.25) is 23.6 Å².